The molecule has 1 N–H and O–H groups in total. The molecule has 0 saturated heterocycles. The first-order valence-corrected chi connectivity index (χ1v) is 5.53. The molecule has 0 heterocycles. The number of hydrogen-bond acceptors (Lipinski definition) is 4. The highest BCUT2D eigenvalue weighted by molar-refractivity contribution is 4.74. The van der Waals surface area contributed by atoms with E-state index in [1.165, 1.54) is 19.3 Å². The molecule has 14 heavy (non-hydrogen) atoms. The zero-order valence-electron chi connectivity index (χ0n) is 9.62. The van der Waals surface area contributed by atoms with E-state index in [4.69, 9.17) is 4.84 Å². The van der Waals surface area contributed by atoms with Gasteiger partial charge in [-0.25, -0.2) is 5.01 Å². The van der Waals surface area contributed by atoms with Crippen molar-refractivity contribution in [3.63, 3.8) is 0 Å². The van der Waals surface area contributed by atoms with Gasteiger partial charge in [-0.15, -0.1) is 5.59 Å². The van der Waals surface area contributed by atoms with Gasteiger partial charge in [0.05, 0.1) is 6.61 Å². The Morgan fingerprint density at radius 2 is 2.07 bits per heavy atom. The first kappa shape index (κ1) is 11.9. The highest BCUT2D eigenvalue weighted by Gasteiger charge is 2.21. The van der Waals surface area contributed by atoms with Crippen LogP contribution in [0.1, 0.15) is 26.2 Å². The Labute approximate surface area is 87.1 Å². The molecule has 0 unspecified atom stereocenters. The molecule has 0 bridgehead atoms. The van der Waals surface area contributed by atoms with E-state index in [1.807, 2.05) is 7.05 Å². The fourth-order valence-corrected chi connectivity index (χ4v) is 1.36. The van der Waals surface area contributed by atoms with Crippen LogP contribution >= 0.6 is 0 Å². The molecule has 0 aliphatic heterocycles. The third-order valence-corrected chi connectivity index (χ3v) is 2.95. The molecule has 0 aromatic heterocycles. The second-order valence-corrected chi connectivity index (χ2v) is 4.03. The van der Waals surface area contributed by atoms with E-state index in [2.05, 4.69) is 29.5 Å². The van der Waals surface area contributed by atoms with Gasteiger partial charge < -0.3 is 4.90 Å². The molecule has 1 saturated carbocycles. The van der Waals surface area contributed by atoms with E-state index >= 15 is 0 Å². The van der Waals surface area contributed by atoms with Crippen molar-refractivity contribution in [1.82, 2.24) is 15.5 Å². The van der Waals surface area contributed by atoms with Gasteiger partial charge in [0.15, 0.2) is 0 Å². The second-order valence-electron chi connectivity index (χ2n) is 4.03. The Kier molecular flexibility index (Phi) is 5.40. The number of rotatable bonds is 7. The van der Waals surface area contributed by atoms with Crippen molar-refractivity contribution in [1.29, 1.82) is 0 Å². The molecule has 0 amide bonds. The van der Waals surface area contributed by atoms with Gasteiger partial charge in [0.25, 0.3) is 0 Å². The number of nitrogens with zero attached hydrogens (tertiary/aromatic N) is 2. The van der Waals surface area contributed by atoms with E-state index in [0.717, 1.165) is 19.7 Å². The SMILES string of the molecule is CCN(C)CCONN(C)C1CCC1. The van der Waals surface area contributed by atoms with Crippen molar-refractivity contribution in [2.24, 2.45) is 0 Å². The second kappa shape index (κ2) is 6.35. The van der Waals surface area contributed by atoms with Crippen LogP contribution in [-0.4, -0.2) is 49.7 Å². The number of likely N-dealkylation sites (N-methyl/N-ethyl adjacent to an activating group) is 1. The molecule has 0 spiro atoms. The molecule has 1 aliphatic carbocycles. The Morgan fingerprint density at radius 3 is 2.57 bits per heavy atom. The molecule has 1 rings (SSSR count). The van der Waals surface area contributed by atoms with Gasteiger partial charge in [-0.3, -0.25) is 4.84 Å². The molecular weight excluding hydrogens is 178 g/mol. The summed E-state index contributed by atoms with van der Waals surface area (Å²) in [4.78, 5) is 7.59. The summed E-state index contributed by atoms with van der Waals surface area (Å²) in [6, 6.07) is 0.680. The van der Waals surface area contributed by atoms with Crippen LogP contribution in [0.3, 0.4) is 0 Å². The summed E-state index contributed by atoms with van der Waals surface area (Å²) in [5, 5.41) is 2.08. The van der Waals surface area contributed by atoms with Gasteiger partial charge >= 0.3 is 0 Å². The predicted molar refractivity (Wildman–Crippen MR) is 57.7 cm³/mol. The van der Waals surface area contributed by atoms with Gasteiger partial charge in [-0.1, -0.05) is 13.3 Å². The summed E-state index contributed by atoms with van der Waals surface area (Å²) in [6.45, 7) is 4.93. The van der Waals surface area contributed by atoms with Crippen LogP contribution in [0, 0.1) is 0 Å². The van der Waals surface area contributed by atoms with Crippen LogP contribution in [0.2, 0.25) is 0 Å². The largest absolute Gasteiger partial charge is 0.304 e. The van der Waals surface area contributed by atoms with Crippen molar-refractivity contribution in [2.75, 3.05) is 33.8 Å². The van der Waals surface area contributed by atoms with Crippen molar-refractivity contribution < 1.29 is 4.84 Å². The molecule has 1 aliphatic rings. The average Bonchev–Trinajstić information content (AvgIpc) is 2.09. The third kappa shape index (κ3) is 3.92. The Bertz CT molecular complexity index is 150. The molecule has 4 heteroatoms. The summed E-state index contributed by atoms with van der Waals surface area (Å²) in [6.07, 6.45) is 3.94. The molecule has 0 aromatic rings. The summed E-state index contributed by atoms with van der Waals surface area (Å²) in [7, 11) is 4.15. The number of hydrazine groups is 1. The maximum atomic E-state index is 5.36. The van der Waals surface area contributed by atoms with E-state index in [0.29, 0.717) is 6.04 Å². The monoisotopic (exact) mass is 201 g/mol. The van der Waals surface area contributed by atoms with Gasteiger partial charge in [0.2, 0.25) is 0 Å². The minimum atomic E-state index is 0.680. The summed E-state index contributed by atoms with van der Waals surface area (Å²) < 4.78 is 0. The third-order valence-electron chi connectivity index (χ3n) is 2.95. The maximum absolute atomic E-state index is 5.36. The van der Waals surface area contributed by atoms with Crippen LogP contribution in [0.25, 0.3) is 0 Å². The lowest BCUT2D eigenvalue weighted by Crippen LogP contribution is -2.46. The molecule has 4 nitrogen and oxygen atoms in total. The molecule has 84 valence electrons. The predicted octanol–water partition coefficient (Wildman–Crippen LogP) is 0.859. The van der Waals surface area contributed by atoms with E-state index in [-0.39, 0.29) is 0 Å². The van der Waals surface area contributed by atoms with Crippen LogP contribution in [0.4, 0.5) is 0 Å². The first-order valence-electron chi connectivity index (χ1n) is 5.53. The normalized spacial score (nSPS) is 17.8. The van der Waals surface area contributed by atoms with Gasteiger partial charge in [-0.2, -0.15) is 0 Å². The van der Waals surface area contributed by atoms with Crippen LogP contribution in [0.15, 0.2) is 0 Å². The fourth-order valence-electron chi connectivity index (χ4n) is 1.36. The molecule has 0 atom stereocenters. The van der Waals surface area contributed by atoms with Crippen molar-refractivity contribution in [3.8, 4) is 0 Å². The summed E-state index contributed by atoms with van der Waals surface area (Å²) in [5.41, 5.74) is 2.97. The summed E-state index contributed by atoms with van der Waals surface area (Å²) in [5.74, 6) is 0. The highest BCUT2D eigenvalue weighted by atomic mass is 16.7. The molecular formula is C10H23N3O. The Morgan fingerprint density at radius 1 is 1.36 bits per heavy atom. The quantitative estimate of drug-likeness (QED) is 0.488. The minimum absolute atomic E-state index is 0.680. The van der Waals surface area contributed by atoms with Crippen LogP contribution in [0.5, 0.6) is 0 Å². The van der Waals surface area contributed by atoms with Crippen molar-refractivity contribution in [2.45, 2.75) is 32.2 Å². The number of nitrogens with one attached hydrogen (secondary N) is 1. The molecule has 0 aromatic carbocycles. The molecule has 0 radical (unpaired) electrons. The Hall–Kier alpha value is -0.160. The fraction of sp³-hybridized carbons (Fsp3) is 1.00. The van der Waals surface area contributed by atoms with E-state index in [9.17, 15) is 0 Å². The maximum Gasteiger partial charge on any atom is 0.0825 e. The lowest BCUT2D eigenvalue weighted by Gasteiger charge is -2.34. The van der Waals surface area contributed by atoms with Crippen LogP contribution < -0.4 is 5.59 Å². The van der Waals surface area contributed by atoms with E-state index in [1.54, 1.807) is 0 Å². The summed E-state index contributed by atoms with van der Waals surface area (Å²) >= 11 is 0. The zero-order valence-corrected chi connectivity index (χ0v) is 9.62. The first-order chi connectivity index (χ1) is 6.74. The standard InChI is InChI=1S/C10H23N3O/c1-4-12(2)8-9-14-11-13(3)10-6-5-7-10/h10-11H,4-9H2,1-3H3. The van der Waals surface area contributed by atoms with Crippen molar-refractivity contribution >= 4 is 0 Å². The van der Waals surface area contributed by atoms with E-state index < -0.39 is 0 Å². The molecule has 1 fully saturated rings. The topological polar surface area (TPSA) is 27.7 Å². The lowest BCUT2D eigenvalue weighted by atomic mass is 9.93. The zero-order chi connectivity index (χ0) is 10.4. The van der Waals surface area contributed by atoms with Gasteiger partial charge in [0, 0.05) is 19.6 Å². The smallest absolute Gasteiger partial charge is 0.0825 e. The van der Waals surface area contributed by atoms with Gasteiger partial charge in [0.1, 0.15) is 0 Å². The average molecular weight is 201 g/mol. The Balaban J connectivity index is 1.92. The highest BCUT2D eigenvalue weighted by Crippen LogP contribution is 2.21. The van der Waals surface area contributed by atoms with Crippen LogP contribution in [-0.2, 0) is 4.84 Å². The van der Waals surface area contributed by atoms with Gasteiger partial charge in [-0.05, 0) is 26.4 Å². The minimum Gasteiger partial charge on any atom is -0.304 e. The lowest BCUT2D eigenvalue weighted by molar-refractivity contribution is -0.105. The number of hydrogen-bond donors (Lipinski definition) is 1. The van der Waals surface area contributed by atoms with Crippen molar-refractivity contribution in [3.05, 3.63) is 0 Å².